The lowest BCUT2D eigenvalue weighted by Crippen LogP contribution is -2.26. The van der Waals surface area contributed by atoms with Gasteiger partial charge < -0.3 is 4.90 Å². The number of pyridine rings is 1. The van der Waals surface area contributed by atoms with E-state index in [1.54, 1.807) is 24.3 Å². The molecule has 0 saturated heterocycles. The van der Waals surface area contributed by atoms with Crippen molar-refractivity contribution in [3.05, 3.63) is 63.9 Å². The number of benzene rings is 1. The van der Waals surface area contributed by atoms with Crippen molar-refractivity contribution in [3.8, 4) is 0 Å². The van der Waals surface area contributed by atoms with Crippen LogP contribution in [0.2, 0.25) is 0 Å². The molecule has 19 heavy (non-hydrogen) atoms. The van der Waals surface area contributed by atoms with Crippen LogP contribution in [-0.4, -0.2) is 22.8 Å². The molecule has 1 amide bonds. The fraction of sp³-hybridized carbons (Fsp3) is 0.200. The molecule has 0 unspecified atom stereocenters. The second-order valence-corrected chi connectivity index (χ2v) is 5.46. The molecule has 0 spiro atoms. The fourth-order valence-electron chi connectivity index (χ4n) is 1.92. The molecule has 0 atom stereocenters. The Morgan fingerprint density at radius 1 is 1.37 bits per heavy atom. The molecule has 1 aromatic carbocycles. The summed E-state index contributed by atoms with van der Waals surface area (Å²) in [4.78, 5) is 18.1. The van der Waals surface area contributed by atoms with Gasteiger partial charge in [0, 0.05) is 36.0 Å². The first-order valence-electron chi connectivity index (χ1n) is 5.98. The van der Waals surface area contributed by atoms with Crippen LogP contribution in [0.3, 0.4) is 0 Å². The molecule has 98 valence electrons. The molecule has 0 radical (unpaired) electrons. The molecular formula is C15H15BrN2O. The van der Waals surface area contributed by atoms with Gasteiger partial charge in [-0.05, 0) is 42.3 Å². The number of nitrogens with zero attached hydrogens (tertiary/aromatic N) is 2. The molecule has 1 aromatic heterocycles. The minimum Gasteiger partial charge on any atom is -0.337 e. The first kappa shape index (κ1) is 13.7. The molecular weight excluding hydrogens is 304 g/mol. The zero-order chi connectivity index (χ0) is 13.8. The largest absolute Gasteiger partial charge is 0.337 e. The van der Waals surface area contributed by atoms with Gasteiger partial charge in [0.1, 0.15) is 0 Å². The third-order valence-electron chi connectivity index (χ3n) is 2.78. The van der Waals surface area contributed by atoms with Crippen LogP contribution in [-0.2, 0) is 6.54 Å². The highest BCUT2D eigenvalue weighted by molar-refractivity contribution is 9.10. The third kappa shape index (κ3) is 3.64. The van der Waals surface area contributed by atoms with E-state index >= 15 is 0 Å². The zero-order valence-electron chi connectivity index (χ0n) is 10.9. The Kier molecular flexibility index (Phi) is 4.32. The summed E-state index contributed by atoms with van der Waals surface area (Å²) >= 11 is 3.42. The van der Waals surface area contributed by atoms with Crippen LogP contribution in [0.25, 0.3) is 0 Å². The summed E-state index contributed by atoms with van der Waals surface area (Å²) in [6, 6.07) is 9.56. The fourth-order valence-corrected chi connectivity index (χ4v) is 2.53. The lowest BCUT2D eigenvalue weighted by molar-refractivity contribution is 0.0785. The van der Waals surface area contributed by atoms with Crippen molar-refractivity contribution in [2.75, 3.05) is 7.05 Å². The Morgan fingerprint density at radius 3 is 2.79 bits per heavy atom. The highest BCUT2D eigenvalue weighted by atomic mass is 79.9. The topological polar surface area (TPSA) is 33.2 Å². The Balaban J connectivity index is 2.15. The van der Waals surface area contributed by atoms with Gasteiger partial charge in [-0.25, -0.2) is 0 Å². The highest BCUT2D eigenvalue weighted by Gasteiger charge is 2.13. The molecule has 0 aliphatic rings. The monoisotopic (exact) mass is 318 g/mol. The van der Waals surface area contributed by atoms with E-state index in [4.69, 9.17) is 0 Å². The first-order valence-corrected chi connectivity index (χ1v) is 6.77. The lowest BCUT2D eigenvalue weighted by Gasteiger charge is -2.17. The van der Waals surface area contributed by atoms with E-state index in [0.29, 0.717) is 12.1 Å². The number of halogens is 1. The maximum absolute atomic E-state index is 12.3. The van der Waals surface area contributed by atoms with Gasteiger partial charge in [-0.3, -0.25) is 9.78 Å². The molecule has 4 heteroatoms. The van der Waals surface area contributed by atoms with Gasteiger partial charge in [-0.2, -0.15) is 0 Å². The van der Waals surface area contributed by atoms with Gasteiger partial charge in [0.05, 0.1) is 0 Å². The summed E-state index contributed by atoms with van der Waals surface area (Å²) in [6.45, 7) is 2.53. The Morgan fingerprint density at radius 2 is 2.16 bits per heavy atom. The van der Waals surface area contributed by atoms with E-state index in [1.165, 1.54) is 0 Å². The number of rotatable bonds is 3. The number of amides is 1. The van der Waals surface area contributed by atoms with E-state index in [2.05, 4.69) is 20.9 Å². The quantitative estimate of drug-likeness (QED) is 0.868. The molecule has 0 aliphatic carbocycles. The van der Waals surface area contributed by atoms with Gasteiger partial charge in [0.2, 0.25) is 0 Å². The average Bonchev–Trinajstić information content (AvgIpc) is 2.37. The van der Waals surface area contributed by atoms with Gasteiger partial charge in [0.15, 0.2) is 0 Å². The lowest BCUT2D eigenvalue weighted by atomic mass is 10.1. The minimum atomic E-state index is 0.00764. The Labute approximate surface area is 121 Å². The minimum absolute atomic E-state index is 0.00764. The average molecular weight is 319 g/mol. The predicted octanol–water partition coefficient (Wildman–Crippen LogP) is 3.42. The molecule has 0 fully saturated rings. The summed E-state index contributed by atoms with van der Waals surface area (Å²) in [6.07, 6.45) is 3.50. The van der Waals surface area contributed by atoms with Gasteiger partial charge in [0.25, 0.3) is 5.91 Å². The van der Waals surface area contributed by atoms with Crippen molar-refractivity contribution >= 4 is 21.8 Å². The maximum Gasteiger partial charge on any atom is 0.253 e. The van der Waals surface area contributed by atoms with Crippen molar-refractivity contribution in [2.45, 2.75) is 13.5 Å². The van der Waals surface area contributed by atoms with E-state index in [9.17, 15) is 4.79 Å². The van der Waals surface area contributed by atoms with E-state index in [1.807, 2.05) is 37.3 Å². The van der Waals surface area contributed by atoms with Crippen molar-refractivity contribution in [1.82, 2.24) is 9.88 Å². The summed E-state index contributed by atoms with van der Waals surface area (Å²) in [7, 11) is 1.80. The van der Waals surface area contributed by atoms with Crippen molar-refractivity contribution in [2.24, 2.45) is 0 Å². The molecule has 1 heterocycles. The second-order valence-electron chi connectivity index (χ2n) is 4.54. The summed E-state index contributed by atoms with van der Waals surface area (Å²) in [5, 5.41) is 0. The van der Waals surface area contributed by atoms with Gasteiger partial charge in [-0.15, -0.1) is 0 Å². The molecule has 0 saturated carbocycles. The molecule has 0 N–H and O–H groups in total. The molecule has 2 rings (SSSR count). The van der Waals surface area contributed by atoms with E-state index in [-0.39, 0.29) is 5.91 Å². The number of aromatic nitrogens is 1. The summed E-state index contributed by atoms with van der Waals surface area (Å²) in [5.41, 5.74) is 2.77. The zero-order valence-corrected chi connectivity index (χ0v) is 12.5. The summed E-state index contributed by atoms with van der Waals surface area (Å²) in [5.74, 6) is 0.00764. The maximum atomic E-state index is 12.3. The number of hydrogen-bond donors (Lipinski definition) is 0. The van der Waals surface area contributed by atoms with Crippen LogP contribution in [0.15, 0.2) is 47.2 Å². The molecule has 2 aromatic rings. The summed E-state index contributed by atoms with van der Waals surface area (Å²) < 4.78 is 0.922. The smallest absolute Gasteiger partial charge is 0.253 e. The standard InChI is InChI=1S/C15H15BrN2O/c1-11-6-13(8-14(16)7-11)15(19)18(2)10-12-4-3-5-17-9-12/h3-9H,10H2,1-2H3. The van der Waals surface area contributed by atoms with Crippen LogP contribution < -0.4 is 0 Å². The van der Waals surface area contributed by atoms with Crippen molar-refractivity contribution in [1.29, 1.82) is 0 Å². The van der Waals surface area contributed by atoms with Crippen LogP contribution in [0.4, 0.5) is 0 Å². The van der Waals surface area contributed by atoms with Crippen LogP contribution >= 0.6 is 15.9 Å². The van der Waals surface area contributed by atoms with Crippen LogP contribution in [0.5, 0.6) is 0 Å². The Hall–Kier alpha value is -1.68. The number of aryl methyl sites for hydroxylation is 1. The van der Waals surface area contributed by atoms with Crippen molar-refractivity contribution in [3.63, 3.8) is 0 Å². The van der Waals surface area contributed by atoms with Gasteiger partial charge >= 0.3 is 0 Å². The van der Waals surface area contributed by atoms with Crippen molar-refractivity contribution < 1.29 is 4.79 Å². The molecule has 0 bridgehead atoms. The number of carbonyl (C=O) groups excluding carboxylic acids is 1. The molecule has 0 aliphatic heterocycles. The SMILES string of the molecule is Cc1cc(Br)cc(C(=O)N(C)Cc2cccnc2)c1. The highest BCUT2D eigenvalue weighted by Crippen LogP contribution is 2.17. The normalized spacial score (nSPS) is 10.3. The third-order valence-corrected chi connectivity index (χ3v) is 3.24. The Bertz CT molecular complexity index is 564. The number of carbonyl (C=O) groups is 1. The van der Waals surface area contributed by atoms with Crippen LogP contribution in [0.1, 0.15) is 21.5 Å². The van der Waals surface area contributed by atoms with E-state index in [0.717, 1.165) is 15.6 Å². The number of hydrogen-bond acceptors (Lipinski definition) is 2. The molecule has 3 nitrogen and oxygen atoms in total. The van der Waals surface area contributed by atoms with E-state index < -0.39 is 0 Å². The predicted molar refractivity (Wildman–Crippen MR) is 78.9 cm³/mol. The first-order chi connectivity index (χ1) is 9.06. The van der Waals surface area contributed by atoms with Gasteiger partial charge in [-0.1, -0.05) is 22.0 Å². The van der Waals surface area contributed by atoms with Crippen LogP contribution in [0, 0.1) is 6.92 Å². The second kappa shape index (κ2) is 5.97.